The minimum Gasteiger partial charge on any atom is -0.309 e. The second-order valence-electron chi connectivity index (χ2n) is 4.56. The third-order valence-corrected chi connectivity index (χ3v) is 3.82. The molecule has 1 aromatic rings. The number of hydrogen-bond acceptors (Lipinski definition) is 3. The predicted molar refractivity (Wildman–Crippen MR) is 66.5 cm³/mol. The van der Waals surface area contributed by atoms with Crippen molar-refractivity contribution < 1.29 is 0 Å². The van der Waals surface area contributed by atoms with Gasteiger partial charge in [-0.05, 0) is 31.7 Å². The number of hydrogen-bond donors (Lipinski definition) is 1. The van der Waals surface area contributed by atoms with E-state index in [9.17, 15) is 0 Å². The Labute approximate surface area is 96.3 Å². The largest absolute Gasteiger partial charge is 0.309 e. The minimum absolute atomic E-state index is 0.636. The average molecular weight is 224 g/mol. The maximum atomic E-state index is 3.56. The van der Waals surface area contributed by atoms with Gasteiger partial charge in [-0.25, -0.2) is 0 Å². The van der Waals surface area contributed by atoms with Crippen LogP contribution in [0.2, 0.25) is 0 Å². The molecule has 2 nitrogen and oxygen atoms in total. The van der Waals surface area contributed by atoms with Crippen LogP contribution in [0.5, 0.6) is 0 Å². The highest BCUT2D eigenvalue weighted by atomic mass is 32.1. The smallest absolute Gasteiger partial charge is 0.0169 e. The molecule has 1 aliphatic heterocycles. The maximum Gasteiger partial charge on any atom is 0.0169 e. The van der Waals surface area contributed by atoms with Gasteiger partial charge in [0.05, 0.1) is 0 Å². The predicted octanol–water partition coefficient (Wildman–Crippen LogP) is 1.97. The summed E-state index contributed by atoms with van der Waals surface area (Å²) in [5.41, 5.74) is 0. The Morgan fingerprint density at radius 2 is 2.13 bits per heavy atom. The zero-order valence-corrected chi connectivity index (χ0v) is 10.4. The molecule has 1 N–H and O–H groups in total. The molecule has 1 saturated heterocycles. The van der Waals surface area contributed by atoms with Gasteiger partial charge in [-0.3, -0.25) is 4.90 Å². The van der Waals surface area contributed by atoms with Crippen molar-refractivity contribution in [3.63, 3.8) is 0 Å². The monoisotopic (exact) mass is 224 g/mol. The van der Waals surface area contributed by atoms with Gasteiger partial charge in [-0.15, -0.1) is 11.3 Å². The van der Waals surface area contributed by atoms with Crippen molar-refractivity contribution in [2.45, 2.75) is 32.4 Å². The van der Waals surface area contributed by atoms with Crippen molar-refractivity contribution in [3.8, 4) is 0 Å². The van der Waals surface area contributed by atoms with Crippen molar-refractivity contribution in [2.24, 2.45) is 0 Å². The number of piperazine rings is 1. The summed E-state index contributed by atoms with van der Waals surface area (Å²) in [5, 5.41) is 5.73. The highest BCUT2D eigenvalue weighted by Gasteiger charge is 2.20. The molecule has 1 aliphatic rings. The van der Waals surface area contributed by atoms with Crippen LogP contribution >= 0.6 is 11.3 Å². The standard InChI is InChI=1S/C12H20N2S/c1-10-8-14(9-11(2)13-10)6-5-12-4-3-7-15-12/h3-4,7,10-11,13H,5-6,8-9H2,1-2H3. The van der Waals surface area contributed by atoms with Gasteiger partial charge in [0.1, 0.15) is 0 Å². The second-order valence-corrected chi connectivity index (χ2v) is 5.59. The molecule has 1 aromatic heterocycles. The lowest BCUT2D eigenvalue weighted by Gasteiger charge is -2.36. The summed E-state index contributed by atoms with van der Waals surface area (Å²) in [6.45, 7) is 8.13. The quantitative estimate of drug-likeness (QED) is 0.844. The Bertz CT molecular complexity index is 274. The Morgan fingerprint density at radius 3 is 2.73 bits per heavy atom. The van der Waals surface area contributed by atoms with Crippen LogP contribution in [0.25, 0.3) is 0 Å². The van der Waals surface area contributed by atoms with Gasteiger partial charge in [0, 0.05) is 36.6 Å². The highest BCUT2D eigenvalue weighted by Crippen LogP contribution is 2.11. The van der Waals surface area contributed by atoms with E-state index in [0.717, 1.165) is 0 Å². The van der Waals surface area contributed by atoms with Crippen LogP contribution in [0.3, 0.4) is 0 Å². The molecule has 2 atom stereocenters. The molecule has 0 aliphatic carbocycles. The van der Waals surface area contributed by atoms with Gasteiger partial charge >= 0.3 is 0 Å². The summed E-state index contributed by atoms with van der Waals surface area (Å²) in [4.78, 5) is 4.08. The molecule has 2 rings (SSSR count). The first-order valence-electron chi connectivity index (χ1n) is 5.75. The Morgan fingerprint density at radius 1 is 1.40 bits per heavy atom. The molecule has 0 radical (unpaired) electrons. The lowest BCUT2D eigenvalue weighted by molar-refractivity contribution is 0.176. The van der Waals surface area contributed by atoms with Crippen molar-refractivity contribution >= 4 is 11.3 Å². The molecule has 0 saturated carbocycles. The van der Waals surface area contributed by atoms with Gasteiger partial charge in [0.2, 0.25) is 0 Å². The number of thiophene rings is 1. The molecule has 0 bridgehead atoms. The van der Waals surface area contributed by atoms with Gasteiger partial charge < -0.3 is 5.32 Å². The van der Waals surface area contributed by atoms with Crippen molar-refractivity contribution in [2.75, 3.05) is 19.6 Å². The van der Waals surface area contributed by atoms with Gasteiger partial charge in [-0.2, -0.15) is 0 Å². The van der Waals surface area contributed by atoms with E-state index in [0.29, 0.717) is 12.1 Å². The number of rotatable bonds is 3. The van der Waals surface area contributed by atoms with Gasteiger partial charge in [0.25, 0.3) is 0 Å². The highest BCUT2D eigenvalue weighted by molar-refractivity contribution is 7.09. The fourth-order valence-corrected chi connectivity index (χ4v) is 3.04. The van der Waals surface area contributed by atoms with Crippen LogP contribution in [0.15, 0.2) is 17.5 Å². The van der Waals surface area contributed by atoms with Crippen LogP contribution in [0, 0.1) is 0 Å². The SMILES string of the molecule is CC1CN(CCc2cccs2)CC(C)N1. The van der Waals surface area contributed by atoms with E-state index in [4.69, 9.17) is 0 Å². The fourth-order valence-electron chi connectivity index (χ4n) is 2.35. The first-order valence-corrected chi connectivity index (χ1v) is 6.63. The average Bonchev–Trinajstić information content (AvgIpc) is 2.65. The van der Waals surface area contributed by atoms with Crippen molar-refractivity contribution in [1.82, 2.24) is 10.2 Å². The van der Waals surface area contributed by atoms with E-state index >= 15 is 0 Å². The lowest BCUT2D eigenvalue weighted by atomic mass is 10.1. The maximum absolute atomic E-state index is 3.56. The second kappa shape index (κ2) is 5.10. The summed E-state index contributed by atoms with van der Waals surface area (Å²) in [6.07, 6.45) is 1.21. The molecule has 0 aromatic carbocycles. The van der Waals surface area contributed by atoms with Gasteiger partial charge in [0.15, 0.2) is 0 Å². The fraction of sp³-hybridized carbons (Fsp3) is 0.667. The molecule has 0 spiro atoms. The molecular weight excluding hydrogens is 204 g/mol. The molecule has 3 heteroatoms. The summed E-state index contributed by atoms with van der Waals surface area (Å²) >= 11 is 1.87. The van der Waals surface area contributed by atoms with E-state index in [1.807, 2.05) is 11.3 Å². The molecule has 0 amide bonds. The lowest BCUT2D eigenvalue weighted by Crippen LogP contribution is -2.54. The van der Waals surface area contributed by atoms with Gasteiger partial charge in [-0.1, -0.05) is 6.07 Å². The Kier molecular flexibility index (Phi) is 3.78. The summed E-state index contributed by atoms with van der Waals surface area (Å²) in [6, 6.07) is 5.65. The normalized spacial score (nSPS) is 28.1. The van der Waals surface area contributed by atoms with Crippen LogP contribution in [-0.2, 0) is 6.42 Å². The zero-order valence-electron chi connectivity index (χ0n) is 9.57. The number of nitrogens with one attached hydrogen (secondary N) is 1. The van der Waals surface area contributed by atoms with Crippen LogP contribution in [-0.4, -0.2) is 36.6 Å². The zero-order chi connectivity index (χ0) is 10.7. The Hall–Kier alpha value is -0.380. The van der Waals surface area contributed by atoms with E-state index < -0.39 is 0 Å². The summed E-state index contributed by atoms with van der Waals surface area (Å²) in [5.74, 6) is 0. The van der Waals surface area contributed by atoms with E-state index in [-0.39, 0.29) is 0 Å². The number of nitrogens with zero attached hydrogens (tertiary/aromatic N) is 1. The van der Waals surface area contributed by atoms with Crippen molar-refractivity contribution in [3.05, 3.63) is 22.4 Å². The summed E-state index contributed by atoms with van der Waals surface area (Å²) < 4.78 is 0. The van der Waals surface area contributed by atoms with Crippen LogP contribution in [0.4, 0.5) is 0 Å². The van der Waals surface area contributed by atoms with Crippen molar-refractivity contribution in [1.29, 1.82) is 0 Å². The molecule has 2 heterocycles. The van der Waals surface area contributed by atoms with E-state index in [1.54, 1.807) is 0 Å². The molecule has 2 unspecified atom stereocenters. The first kappa shape index (κ1) is 11.1. The van der Waals surface area contributed by atoms with E-state index in [2.05, 4.69) is 41.6 Å². The third-order valence-electron chi connectivity index (χ3n) is 2.89. The molecule has 15 heavy (non-hydrogen) atoms. The molecule has 1 fully saturated rings. The molecule has 84 valence electrons. The van der Waals surface area contributed by atoms with E-state index in [1.165, 1.54) is 30.9 Å². The summed E-state index contributed by atoms with van der Waals surface area (Å²) in [7, 11) is 0. The minimum atomic E-state index is 0.636. The Balaban J connectivity index is 1.79. The first-order chi connectivity index (χ1) is 7.24. The third kappa shape index (κ3) is 3.30. The van der Waals surface area contributed by atoms with Crippen LogP contribution < -0.4 is 5.32 Å². The molecular formula is C12H20N2S. The topological polar surface area (TPSA) is 15.3 Å². The van der Waals surface area contributed by atoms with Crippen LogP contribution in [0.1, 0.15) is 18.7 Å².